The fourth-order valence-electron chi connectivity index (χ4n) is 2.96. The molecule has 0 saturated carbocycles. The number of unbranched alkanes of at least 4 members (excludes halogenated alkanes) is 3. The van der Waals surface area contributed by atoms with E-state index < -0.39 is 0 Å². The predicted molar refractivity (Wildman–Crippen MR) is 89.9 cm³/mol. The number of nitrogens with zero attached hydrogens (tertiary/aromatic N) is 2. The molecule has 0 radical (unpaired) electrons. The lowest BCUT2D eigenvalue weighted by atomic mass is 10.1. The largest absolute Gasteiger partial charge is 0.344 e. The van der Waals surface area contributed by atoms with Crippen LogP contribution >= 0.6 is 0 Å². The topological polar surface area (TPSA) is 26.9 Å². The van der Waals surface area contributed by atoms with Crippen LogP contribution in [0.4, 0.5) is 0 Å². The third kappa shape index (κ3) is 3.58. The van der Waals surface area contributed by atoms with Gasteiger partial charge in [0, 0.05) is 25.5 Å². The normalized spacial score (nSPS) is 13.7. The second kappa shape index (κ2) is 7.48. The Labute approximate surface area is 127 Å². The summed E-state index contributed by atoms with van der Waals surface area (Å²) in [7, 11) is 1.80. The minimum absolute atomic E-state index is 0.120. The number of pyridine rings is 1. The van der Waals surface area contributed by atoms with E-state index >= 15 is 0 Å². The Hall–Kier alpha value is -1.51. The highest BCUT2D eigenvalue weighted by Gasteiger charge is 2.14. The van der Waals surface area contributed by atoms with Crippen LogP contribution in [-0.4, -0.2) is 9.13 Å². The van der Waals surface area contributed by atoms with Crippen LogP contribution in [0, 0.1) is 0 Å². The molecule has 3 heterocycles. The van der Waals surface area contributed by atoms with Crippen LogP contribution in [0.25, 0.3) is 10.9 Å². The molecule has 0 fully saturated rings. The minimum Gasteiger partial charge on any atom is -0.344 e. The maximum atomic E-state index is 11.9. The average Bonchev–Trinajstić information content (AvgIpc) is 2.89. The molecule has 0 aromatic carbocycles. The van der Waals surface area contributed by atoms with E-state index in [1.165, 1.54) is 44.2 Å². The van der Waals surface area contributed by atoms with Crippen LogP contribution in [0.2, 0.25) is 0 Å². The summed E-state index contributed by atoms with van der Waals surface area (Å²) >= 11 is 0. The highest BCUT2D eigenvalue weighted by atomic mass is 16.1. The van der Waals surface area contributed by atoms with Crippen LogP contribution < -0.4 is 5.56 Å². The van der Waals surface area contributed by atoms with Gasteiger partial charge in [0.2, 0.25) is 0 Å². The van der Waals surface area contributed by atoms with E-state index in [9.17, 15) is 4.79 Å². The Bertz CT molecular complexity index is 632. The maximum Gasteiger partial charge on any atom is 0.259 e. The van der Waals surface area contributed by atoms with E-state index in [1.807, 2.05) is 12.3 Å². The van der Waals surface area contributed by atoms with E-state index in [4.69, 9.17) is 0 Å². The molecule has 2 aromatic heterocycles. The molecule has 116 valence electrons. The van der Waals surface area contributed by atoms with Gasteiger partial charge in [-0.3, -0.25) is 4.79 Å². The molecule has 3 rings (SSSR count). The van der Waals surface area contributed by atoms with Crippen molar-refractivity contribution in [1.82, 2.24) is 9.13 Å². The van der Waals surface area contributed by atoms with Gasteiger partial charge in [-0.15, -0.1) is 0 Å². The van der Waals surface area contributed by atoms with Gasteiger partial charge in [0.05, 0.1) is 10.9 Å². The van der Waals surface area contributed by atoms with Gasteiger partial charge in [0.25, 0.3) is 5.56 Å². The minimum atomic E-state index is 0.120. The summed E-state index contributed by atoms with van der Waals surface area (Å²) in [5.74, 6) is 0. The van der Waals surface area contributed by atoms with Gasteiger partial charge in [-0.1, -0.05) is 39.5 Å². The van der Waals surface area contributed by atoms with Gasteiger partial charge in [0.15, 0.2) is 0 Å². The van der Waals surface area contributed by atoms with Crippen LogP contribution in [-0.2, 0) is 20.0 Å². The smallest absolute Gasteiger partial charge is 0.259 e. The molecule has 3 heteroatoms. The van der Waals surface area contributed by atoms with Gasteiger partial charge in [-0.2, -0.15) is 0 Å². The molecule has 0 N–H and O–H groups in total. The molecule has 0 spiro atoms. The molecule has 2 aromatic rings. The van der Waals surface area contributed by atoms with Gasteiger partial charge in [-0.25, -0.2) is 0 Å². The molecule has 21 heavy (non-hydrogen) atoms. The first-order chi connectivity index (χ1) is 10.2. The Kier molecular flexibility index (Phi) is 5.66. The van der Waals surface area contributed by atoms with Crippen molar-refractivity contribution in [1.29, 1.82) is 0 Å². The zero-order valence-electron chi connectivity index (χ0n) is 13.7. The van der Waals surface area contributed by atoms with Crippen LogP contribution in [0.3, 0.4) is 0 Å². The predicted octanol–water partition coefficient (Wildman–Crippen LogP) is 4.26. The number of aryl methyl sites for hydroxylation is 3. The lowest BCUT2D eigenvalue weighted by Gasteiger charge is -2.15. The van der Waals surface area contributed by atoms with Crippen molar-refractivity contribution < 1.29 is 0 Å². The Morgan fingerprint density at radius 3 is 2.52 bits per heavy atom. The quantitative estimate of drug-likeness (QED) is 0.775. The van der Waals surface area contributed by atoms with E-state index in [2.05, 4.69) is 24.5 Å². The second-order valence-corrected chi connectivity index (χ2v) is 5.98. The van der Waals surface area contributed by atoms with Crippen molar-refractivity contribution in [3.8, 4) is 0 Å². The van der Waals surface area contributed by atoms with Crippen molar-refractivity contribution in [2.24, 2.45) is 7.05 Å². The first-order valence-electron chi connectivity index (χ1n) is 8.36. The summed E-state index contributed by atoms with van der Waals surface area (Å²) < 4.78 is 3.94. The Morgan fingerprint density at radius 2 is 1.86 bits per heavy atom. The molecule has 3 nitrogen and oxygen atoms in total. The molecular formula is C18H28N2O. The maximum absolute atomic E-state index is 11.9. The molecular weight excluding hydrogens is 260 g/mol. The van der Waals surface area contributed by atoms with E-state index in [0.29, 0.717) is 0 Å². The SMILES string of the molecule is CCCCCC.Cn1ccc2c(cc3n2CCCC3)c1=O. The summed E-state index contributed by atoms with van der Waals surface area (Å²) in [6, 6.07) is 4.11. The number of rotatable bonds is 3. The highest BCUT2D eigenvalue weighted by Crippen LogP contribution is 2.22. The van der Waals surface area contributed by atoms with Crippen LogP contribution in [0.1, 0.15) is 58.1 Å². The van der Waals surface area contributed by atoms with Crippen molar-refractivity contribution in [2.75, 3.05) is 0 Å². The van der Waals surface area contributed by atoms with Crippen LogP contribution in [0.5, 0.6) is 0 Å². The van der Waals surface area contributed by atoms with Crippen molar-refractivity contribution in [2.45, 2.75) is 65.3 Å². The first-order valence-corrected chi connectivity index (χ1v) is 8.36. The van der Waals surface area contributed by atoms with Gasteiger partial charge < -0.3 is 9.13 Å². The third-order valence-corrected chi connectivity index (χ3v) is 4.25. The first kappa shape index (κ1) is 15.9. The molecule has 0 amide bonds. The summed E-state index contributed by atoms with van der Waals surface area (Å²) in [5, 5.41) is 0.872. The van der Waals surface area contributed by atoms with Gasteiger partial charge >= 0.3 is 0 Å². The fraction of sp³-hybridized carbons (Fsp3) is 0.611. The summed E-state index contributed by atoms with van der Waals surface area (Å²) in [6.45, 7) is 5.53. The van der Waals surface area contributed by atoms with Crippen molar-refractivity contribution >= 4 is 10.9 Å². The zero-order valence-corrected chi connectivity index (χ0v) is 13.7. The monoisotopic (exact) mass is 288 g/mol. The highest BCUT2D eigenvalue weighted by molar-refractivity contribution is 5.80. The van der Waals surface area contributed by atoms with Crippen LogP contribution in [0.15, 0.2) is 23.1 Å². The number of hydrogen-bond donors (Lipinski definition) is 0. The number of aromatic nitrogens is 2. The molecule has 1 aliphatic heterocycles. The van der Waals surface area contributed by atoms with E-state index in [0.717, 1.165) is 23.9 Å². The molecule has 1 aliphatic rings. The Balaban J connectivity index is 0.000000232. The van der Waals surface area contributed by atoms with Gasteiger partial charge in [0.1, 0.15) is 0 Å². The summed E-state index contributed by atoms with van der Waals surface area (Å²) in [6.07, 6.45) is 11.0. The zero-order chi connectivity index (χ0) is 15.2. The molecule has 0 aliphatic carbocycles. The molecule has 0 saturated heterocycles. The lowest BCUT2D eigenvalue weighted by Crippen LogP contribution is -2.15. The molecule has 0 bridgehead atoms. The number of hydrogen-bond acceptors (Lipinski definition) is 1. The Morgan fingerprint density at radius 1 is 1.14 bits per heavy atom. The fourth-order valence-corrected chi connectivity index (χ4v) is 2.96. The van der Waals surface area contributed by atoms with E-state index in [-0.39, 0.29) is 5.56 Å². The van der Waals surface area contributed by atoms with E-state index in [1.54, 1.807) is 11.6 Å². The lowest BCUT2D eigenvalue weighted by molar-refractivity contribution is 0.545. The summed E-state index contributed by atoms with van der Waals surface area (Å²) in [5.41, 5.74) is 2.54. The third-order valence-electron chi connectivity index (χ3n) is 4.25. The number of fused-ring (bicyclic) bond motifs is 3. The molecule has 0 atom stereocenters. The van der Waals surface area contributed by atoms with Gasteiger partial charge in [-0.05, 0) is 31.4 Å². The standard InChI is InChI=1S/C12H14N2O.C6H14/c1-13-7-5-11-10(12(13)15)8-9-4-2-3-6-14(9)11;1-3-5-6-4-2/h5,7-8H,2-4,6H2,1H3;3-6H2,1-2H3. The average molecular weight is 288 g/mol. The molecule has 0 unspecified atom stereocenters. The van der Waals surface area contributed by atoms with Crippen molar-refractivity contribution in [3.05, 3.63) is 34.4 Å². The second-order valence-electron chi connectivity index (χ2n) is 5.98. The summed E-state index contributed by atoms with van der Waals surface area (Å²) in [4.78, 5) is 11.9. The van der Waals surface area contributed by atoms with Crippen molar-refractivity contribution in [3.63, 3.8) is 0 Å².